The van der Waals surface area contributed by atoms with Gasteiger partial charge in [-0.05, 0) is 42.3 Å². The van der Waals surface area contributed by atoms with Gasteiger partial charge in [0.2, 0.25) is 10.0 Å². The maximum absolute atomic E-state index is 12.6. The molecule has 5 nitrogen and oxygen atoms in total. The largest absolute Gasteiger partial charge is 0.497 e. The fraction of sp³-hybridized carbons (Fsp3) is 0.294. The van der Waals surface area contributed by atoms with E-state index in [0.29, 0.717) is 16.3 Å². The number of benzene rings is 2. The first-order valence-corrected chi connectivity index (χ1v) is 9.12. The Balaban J connectivity index is 2.17. The molecule has 0 radical (unpaired) electrons. The van der Waals surface area contributed by atoms with Crippen molar-refractivity contribution in [3.63, 3.8) is 0 Å². The average Bonchev–Trinajstić information content (AvgIpc) is 2.57. The fourth-order valence-electron chi connectivity index (χ4n) is 2.19. The molecular formula is C17H20ClNO4S. The molecule has 2 aromatic rings. The zero-order chi connectivity index (χ0) is 17.9. The minimum Gasteiger partial charge on any atom is -0.497 e. The number of likely N-dealkylation sites (N-methyl/N-ethyl adjacent to an activating group) is 1. The summed E-state index contributed by atoms with van der Waals surface area (Å²) in [6.45, 7) is 1.73. The third kappa shape index (κ3) is 4.08. The zero-order valence-corrected chi connectivity index (χ0v) is 15.3. The molecule has 7 heteroatoms. The molecule has 0 bridgehead atoms. The van der Waals surface area contributed by atoms with Crippen LogP contribution in [0.3, 0.4) is 0 Å². The van der Waals surface area contributed by atoms with Crippen molar-refractivity contribution in [3.05, 3.63) is 58.6 Å². The van der Waals surface area contributed by atoms with Gasteiger partial charge in [-0.2, -0.15) is 4.31 Å². The van der Waals surface area contributed by atoms with E-state index in [9.17, 15) is 13.5 Å². The Kier molecular flexibility index (Phi) is 5.87. The summed E-state index contributed by atoms with van der Waals surface area (Å²) in [5.74, 6) is 0.668. The quantitative estimate of drug-likeness (QED) is 0.849. The van der Waals surface area contributed by atoms with E-state index in [1.54, 1.807) is 44.4 Å². The van der Waals surface area contributed by atoms with Crippen LogP contribution in [-0.4, -0.2) is 38.5 Å². The molecule has 2 rings (SSSR count). The summed E-state index contributed by atoms with van der Waals surface area (Å²) in [6, 6.07) is 11.4. The van der Waals surface area contributed by atoms with Gasteiger partial charge in [-0.15, -0.1) is 0 Å². The van der Waals surface area contributed by atoms with Crippen LogP contribution in [0.2, 0.25) is 5.02 Å². The number of rotatable bonds is 6. The summed E-state index contributed by atoms with van der Waals surface area (Å²) in [6.07, 6.45) is -0.948. The van der Waals surface area contributed by atoms with Crippen LogP contribution in [0.4, 0.5) is 0 Å². The van der Waals surface area contributed by atoms with Gasteiger partial charge in [0.15, 0.2) is 0 Å². The Morgan fingerprint density at radius 3 is 2.38 bits per heavy atom. The zero-order valence-electron chi connectivity index (χ0n) is 13.7. The van der Waals surface area contributed by atoms with Gasteiger partial charge >= 0.3 is 0 Å². The summed E-state index contributed by atoms with van der Waals surface area (Å²) in [5, 5.41) is 10.7. The summed E-state index contributed by atoms with van der Waals surface area (Å²) in [7, 11) is -0.749. The van der Waals surface area contributed by atoms with Crippen LogP contribution in [-0.2, 0) is 10.0 Å². The van der Waals surface area contributed by atoms with Crippen molar-refractivity contribution in [2.24, 2.45) is 0 Å². The van der Waals surface area contributed by atoms with Crippen LogP contribution in [0, 0.1) is 6.92 Å². The minimum atomic E-state index is -3.73. The number of sulfonamides is 1. The molecule has 0 heterocycles. The second-order valence-corrected chi connectivity index (χ2v) is 7.94. The van der Waals surface area contributed by atoms with E-state index >= 15 is 0 Å². The second kappa shape index (κ2) is 7.53. The fourth-order valence-corrected chi connectivity index (χ4v) is 3.64. The topological polar surface area (TPSA) is 66.8 Å². The van der Waals surface area contributed by atoms with Gasteiger partial charge in [-0.25, -0.2) is 8.42 Å². The number of ether oxygens (including phenoxy) is 1. The van der Waals surface area contributed by atoms with Crippen molar-refractivity contribution < 1.29 is 18.3 Å². The molecule has 2 aromatic carbocycles. The van der Waals surface area contributed by atoms with Gasteiger partial charge in [0.05, 0.1) is 18.1 Å². The highest BCUT2D eigenvalue weighted by Crippen LogP contribution is 2.24. The van der Waals surface area contributed by atoms with Crippen molar-refractivity contribution in [2.75, 3.05) is 20.7 Å². The smallest absolute Gasteiger partial charge is 0.242 e. The minimum absolute atomic E-state index is 0.0693. The highest BCUT2D eigenvalue weighted by Gasteiger charge is 2.24. The monoisotopic (exact) mass is 369 g/mol. The number of hydrogen-bond donors (Lipinski definition) is 1. The number of aryl methyl sites for hydroxylation is 1. The van der Waals surface area contributed by atoms with Gasteiger partial charge in [-0.1, -0.05) is 29.8 Å². The standard InChI is InChI=1S/C17H20ClNO4S/c1-12-4-9-15(10-16(12)18)24(21,22)19(2)11-17(20)13-5-7-14(23-3)8-6-13/h4-10,17,20H,11H2,1-3H3. The van der Waals surface area contributed by atoms with E-state index in [2.05, 4.69) is 0 Å². The first kappa shape index (κ1) is 18.7. The third-order valence-electron chi connectivity index (χ3n) is 3.78. The molecule has 24 heavy (non-hydrogen) atoms. The summed E-state index contributed by atoms with van der Waals surface area (Å²) in [5.41, 5.74) is 1.41. The molecule has 0 spiro atoms. The first-order chi connectivity index (χ1) is 11.3. The van der Waals surface area contributed by atoms with Crippen molar-refractivity contribution in [2.45, 2.75) is 17.9 Å². The second-order valence-electron chi connectivity index (χ2n) is 5.49. The van der Waals surface area contributed by atoms with Gasteiger partial charge in [0, 0.05) is 18.6 Å². The lowest BCUT2D eigenvalue weighted by Gasteiger charge is -2.21. The Hall–Kier alpha value is -1.60. The molecule has 1 N–H and O–H groups in total. The maximum Gasteiger partial charge on any atom is 0.242 e. The number of methoxy groups -OCH3 is 1. The molecule has 0 saturated heterocycles. The number of nitrogens with zero attached hydrogens (tertiary/aromatic N) is 1. The van der Waals surface area contributed by atoms with Crippen molar-refractivity contribution in [1.29, 1.82) is 0 Å². The summed E-state index contributed by atoms with van der Waals surface area (Å²) >= 11 is 6.01. The van der Waals surface area contributed by atoms with E-state index in [-0.39, 0.29) is 11.4 Å². The number of hydrogen-bond acceptors (Lipinski definition) is 4. The van der Waals surface area contributed by atoms with Crippen LogP contribution in [0.25, 0.3) is 0 Å². The predicted molar refractivity (Wildman–Crippen MR) is 94.0 cm³/mol. The molecule has 0 aliphatic carbocycles. The highest BCUT2D eigenvalue weighted by molar-refractivity contribution is 7.89. The molecular weight excluding hydrogens is 350 g/mol. The molecule has 0 aliphatic heterocycles. The number of halogens is 1. The van der Waals surface area contributed by atoms with Crippen molar-refractivity contribution in [1.82, 2.24) is 4.31 Å². The molecule has 1 unspecified atom stereocenters. The van der Waals surface area contributed by atoms with Gasteiger partial charge in [0.1, 0.15) is 5.75 Å². The molecule has 0 fully saturated rings. The molecule has 0 aromatic heterocycles. The first-order valence-electron chi connectivity index (χ1n) is 7.30. The summed E-state index contributed by atoms with van der Waals surface area (Å²) < 4.78 is 31.4. The Labute approximate surface area is 147 Å². The molecule has 0 saturated carbocycles. The molecule has 1 atom stereocenters. The molecule has 0 amide bonds. The van der Waals surface area contributed by atoms with Crippen molar-refractivity contribution in [3.8, 4) is 5.75 Å². The SMILES string of the molecule is COc1ccc(C(O)CN(C)S(=O)(=O)c2ccc(C)c(Cl)c2)cc1. The lowest BCUT2D eigenvalue weighted by Crippen LogP contribution is -2.31. The Morgan fingerprint density at radius 2 is 1.83 bits per heavy atom. The normalized spacial score (nSPS) is 13.1. The van der Waals surface area contributed by atoms with Crippen LogP contribution in [0.1, 0.15) is 17.2 Å². The molecule has 130 valence electrons. The highest BCUT2D eigenvalue weighted by atomic mass is 35.5. The van der Waals surface area contributed by atoms with Crippen LogP contribution in [0.15, 0.2) is 47.4 Å². The van der Waals surface area contributed by atoms with Crippen LogP contribution >= 0.6 is 11.6 Å². The number of aliphatic hydroxyl groups is 1. The number of aliphatic hydroxyl groups excluding tert-OH is 1. The van der Waals surface area contributed by atoms with Gasteiger partial charge in [-0.3, -0.25) is 0 Å². The Morgan fingerprint density at radius 1 is 1.21 bits per heavy atom. The van der Waals surface area contributed by atoms with E-state index in [1.165, 1.54) is 19.2 Å². The van der Waals surface area contributed by atoms with E-state index in [4.69, 9.17) is 16.3 Å². The van der Waals surface area contributed by atoms with E-state index in [1.807, 2.05) is 0 Å². The predicted octanol–water partition coefficient (Wildman–Crippen LogP) is 3.01. The van der Waals surface area contributed by atoms with Gasteiger partial charge in [0.25, 0.3) is 0 Å². The van der Waals surface area contributed by atoms with Crippen molar-refractivity contribution >= 4 is 21.6 Å². The van der Waals surface area contributed by atoms with Crippen LogP contribution in [0.5, 0.6) is 5.75 Å². The maximum atomic E-state index is 12.6. The molecule has 0 aliphatic rings. The van der Waals surface area contributed by atoms with E-state index < -0.39 is 16.1 Å². The lowest BCUT2D eigenvalue weighted by molar-refractivity contribution is 0.155. The lowest BCUT2D eigenvalue weighted by atomic mass is 10.1. The van der Waals surface area contributed by atoms with Gasteiger partial charge < -0.3 is 9.84 Å². The van der Waals surface area contributed by atoms with E-state index in [0.717, 1.165) is 9.87 Å². The average molecular weight is 370 g/mol. The van der Waals surface area contributed by atoms with Crippen LogP contribution < -0.4 is 4.74 Å². The Bertz CT molecular complexity index is 806. The summed E-state index contributed by atoms with van der Waals surface area (Å²) in [4.78, 5) is 0.0996. The third-order valence-corrected chi connectivity index (χ3v) is 6.01.